The number of carboxylic acid groups (broad SMARTS) is 1. The fourth-order valence-corrected chi connectivity index (χ4v) is 4.27. The van der Waals surface area contributed by atoms with Gasteiger partial charge in [-0.05, 0) is 60.5 Å². The van der Waals surface area contributed by atoms with Gasteiger partial charge in [-0.15, -0.1) is 0 Å². The second kappa shape index (κ2) is 10.7. The Morgan fingerprint density at radius 3 is 2.33 bits per heavy atom. The van der Waals surface area contributed by atoms with E-state index in [1.165, 1.54) is 11.7 Å². The summed E-state index contributed by atoms with van der Waals surface area (Å²) >= 11 is 5.97. The van der Waals surface area contributed by atoms with E-state index in [0.717, 1.165) is 5.56 Å². The molecule has 8 heteroatoms. The summed E-state index contributed by atoms with van der Waals surface area (Å²) in [6, 6.07) is 20.7. The predicted octanol–water partition coefficient (Wildman–Crippen LogP) is 5.08. The van der Waals surface area contributed by atoms with Crippen molar-refractivity contribution in [2.24, 2.45) is 0 Å². The molecule has 36 heavy (non-hydrogen) atoms. The van der Waals surface area contributed by atoms with E-state index in [0.29, 0.717) is 38.5 Å². The van der Waals surface area contributed by atoms with E-state index in [2.05, 4.69) is 0 Å². The van der Waals surface area contributed by atoms with Gasteiger partial charge in [-0.1, -0.05) is 41.9 Å². The summed E-state index contributed by atoms with van der Waals surface area (Å²) in [4.78, 5) is 38.1. The number of carboxylic acids is 1. The van der Waals surface area contributed by atoms with Gasteiger partial charge in [0, 0.05) is 28.1 Å². The number of rotatable bonds is 8. The molecule has 1 heterocycles. The first-order valence-electron chi connectivity index (χ1n) is 11.2. The number of hydrogen-bond donors (Lipinski definition) is 1. The number of methoxy groups -OCH3 is 1. The van der Waals surface area contributed by atoms with Gasteiger partial charge in [0.15, 0.2) is 0 Å². The first kappa shape index (κ1) is 25.0. The van der Waals surface area contributed by atoms with Gasteiger partial charge in [-0.3, -0.25) is 14.2 Å². The van der Waals surface area contributed by atoms with Gasteiger partial charge in [0.25, 0.3) is 5.91 Å². The molecule has 0 spiro atoms. The van der Waals surface area contributed by atoms with Crippen LogP contribution >= 0.6 is 11.6 Å². The molecule has 0 aliphatic heterocycles. The second-order valence-electron chi connectivity index (χ2n) is 8.28. The molecule has 1 unspecified atom stereocenters. The number of esters is 1. The smallest absolute Gasteiger partial charge is 0.345 e. The molecule has 0 aliphatic carbocycles. The summed E-state index contributed by atoms with van der Waals surface area (Å²) in [5.41, 5.74) is 2.86. The third-order valence-corrected chi connectivity index (χ3v) is 6.22. The number of fused-ring (bicyclic) bond motifs is 1. The summed E-state index contributed by atoms with van der Waals surface area (Å²) in [6.07, 6.45) is -1.50. The number of nitrogens with zero attached hydrogens (tertiary/aromatic N) is 1. The number of aromatic nitrogens is 1. The summed E-state index contributed by atoms with van der Waals surface area (Å²) in [7, 11) is 1.53. The number of carbonyl (C=O) groups excluding carboxylic acids is 2. The molecule has 0 fully saturated rings. The highest BCUT2D eigenvalue weighted by molar-refractivity contribution is 6.30. The van der Waals surface area contributed by atoms with Crippen LogP contribution in [0.3, 0.4) is 0 Å². The van der Waals surface area contributed by atoms with Crippen LogP contribution in [-0.2, 0) is 27.2 Å². The monoisotopic (exact) mass is 505 g/mol. The van der Waals surface area contributed by atoms with E-state index in [1.54, 1.807) is 73.7 Å². The molecule has 184 valence electrons. The van der Waals surface area contributed by atoms with Crippen LogP contribution in [0.1, 0.15) is 27.2 Å². The molecule has 0 amide bonds. The normalized spacial score (nSPS) is 11.8. The average Bonchev–Trinajstić information content (AvgIpc) is 3.14. The van der Waals surface area contributed by atoms with Crippen molar-refractivity contribution in [3.05, 3.63) is 100 Å². The van der Waals surface area contributed by atoms with E-state index >= 15 is 0 Å². The third-order valence-electron chi connectivity index (χ3n) is 5.97. The maximum Gasteiger partial charge on any atom is 0.345 e. The number of ether oxygens (including phenoxy) is 2. The summed E-state index contributed by atoms with van der Waals surface area (Å²) in [6.45, 7) is 1.74. The van der Waals surface area contributed by atoms with Gasteiger partial charge in [0.05, 0.1) is 19.0 Å². The lowest BCUT2D eigenvalue weighted by molar-refractivity contribution is -0.163. The van der Waals surface area contributed by atoms with E-state index < -0.39 is 18.0 Å². The minimum absolute atomic E-state index is 0.0472. The third kappa shape index (κ3) is 5.26. The standard InChI is InChI=1S/C28H24ClNO6/c1-17-22(16-26(31)36-25(28(33)34)14-18-6-4-3-5-7-18)23-15-21(35-2)12-13-24(23)30(17)27(32)19-8-10-20(29)11-9-19/h3-13,15,25H,14,16H2,1-2H3,(H,33,34). The summed E-state index contributed by atoms with van der Waals surface area (Å²) in [5, 5.41) is 10.8. The van der Waals surface area contributed by atoms with Gasteiger partial charge in [-0.2, -0.15) is 0 Å². The zero-order valence-corrected chi connectivity index (χ0v) is 20.5. The van der Waals surface area contributed by atoms with E-state index in [-0.39, 0.29) is 18.7 Å². The Kier molecular flexibility index (Phi) is 7.41. The van der Waals surface area contributed by atoms with E-state index in [9.17, 15) is 19.5 Å². The Morgan fingerprint density at radius 1 is 1.00 bits per heavy atom. The molecule has 1 aromatic heterocycles. The topological polar surface area (TPSA) is 94.8 Å². The fourth-order valence-electron chi connectivity index (χ4n) is 4.15. The van der Waals surface area contributed by atoms with Crippen LogP contribution in [-0.4, -0.2) is 40.7 Å². The van der Waals surface area contributed by atoms with E-state index in [1.807, 2.05) is 6.07 Å². The fraction of sp³-hybridized carbons (Fsp3) is 0.179. The Hall–Kier alpha value is -4.10. The van der Waals surface area contributed by atoms with Crippen molar-refractivity contribution in [2.45, 2.75) is 25.9 Å². The molecule has 0 radical (unpaired) electrons. The lowest BCUT2D eigenvalue weighted by Crippen LogP contribution is -2.30. The van der Waals surface area contributed by atoms with Crippen LogP contribution < -0.4 is 4.74 Å². The molecule has 0 aliphatic rings. The van der Waals surface area contributed by atoms with Crippen LogP contribution in [0.4, 0.5) is 0 Å². The lowest BCUT2D eigenvalue weighted by atomic mass is 10.1. The Labute approximate surface area is 212 Å². The molecular formula is C28H24ClNO6. The molecule has 0 saturated carbocycles. The van der Waals surface area contributed by atoms with Gasteiger partial charge < -0.3 is 14.6 Å². The number of carbonyl (C=O) groups is 3. The van der Waals surface area contributed by atoms with Crippen molar-refractivity contribution in [3.63, 3.8) is 0 Å². The Morgan fingerprint density at radius 2 is 1.69 bits per heavy atom. The van der Waals surface area contributed by atoms with Crippen LogP contribution in [0.2, 0.25) is 5.02 Å². The SMILES string of the molecule is COc1ccc2c(c1)c(CC(=O)OC(Cc1ccccc1)C(=O)O)c(C)n2C(=O)c1ccc(Cl)cc1. The van der Waals surface area contributed by atoms with Crippen LogP contribution in [0.15, 0.2) is 72.8 Å². The highest BCUT2D eigenvalue weighted by atomic mass is 35.5. The van der Waals surface area contributed by atoms with Crippen LogP contribution in [0.25, 0.3) is 10.9 Å². The van der Waals surface area contributed by atoms with Gasteiger partial charge >= 0.3 is 11.9 Å². The van der Waals surface area contributed by atoms with Gasteiger partial charge in [0.1, 0.15) is 5.75 Å². The minimum atomic E-state index is -1.33. The molecule has 1 N–H and O–H groups in total. The zero-order valence-electron chi connectivity index (χ0n) is 19.7. The van der Waals surface area contributed by atoms with Crippen LogP contribution in [0.5, 0.6) is 5.75 Å². The molecule has 4 aromatic rings. The molecule has 0 saturated heterocycles. The van der Waals surface area contributed by atoms with Crippen LogP contribution in [0, 0.1) is 6.92 Å². The lowest BCUT2D eigenvalue weighted by Gasteiger charge is -2.14. The maximum atomic E-state index is 13.4. The number of benzene rings is 3. The molecule has 0 bridgehead atoms. The molecule has 4 rings (SSSR count). The molecule has 7 nitrogen and oxygen atoms in total. The Balaban J connectivity index is 1.68. The number of aliphatic carboxylic acids is 1. The first-order chi connectivity index (χ1) is 17.3. The summed E-state index contributed by atoms with van der Waals surface area (Å²) < 4.78 is 12.2. The molecule has 3 aromatic carbocycles. The quantitative estimate of drug-likeness (QED) is 0.335. The van der Waals surface area contributed by atoms with Crippen molar-refractivity contribution in [2.75, 3.05) is 7.11 Å². The largest absolute Gasteiger partial charge is 0.497 e. The van der Waals surface area contributed by atoms with Crippen molar-refractivity contribution < 1.29 is 29.0 Å². The Bertz CT molecular complexity index is 1430. The maximum absolute atomic E-state index is 13.4. The van der Waals surface area contributed by atoms with E-state index in [4.69, 9.17) is 21.1 Å². The minimum Gasteiger partial charge on any atom is -0.497 e. The number of halogens is 1. The molecular weight excluding hydrogens is 482 g/mol. The zero-order chi connectivity index (χ0) is 25.8. The van der Waals surface area contributed by atoms with Crippen molar-refractivity contribution >= 4 is 40.3 Å². The van der Waals surface area contributed by atoms with Crippen molar-refractivity contribution in [3.8, 4) is 5.75 Å². The number of hydrogen-bond acceptors (Lipinski definition) is 5. The van der Waals surface area contributed by atoms with Crippen molar-refractivity contribution in [1.82, 2.24) is 4.57 Å². The highest BCUT2D eigenvalue weighted by Gasteiger charge is 2.26. The first-order valence-corrected chi connectivity index (χ1v) is 11.6. The highest BCUT2D eigenvalue weighted by Crippen LogP contribution is 2.31. The predicted molar refractivity (Wildman–Crippen MR) is 136 cm³/mol. The average molecular weight is 506 g/mol. The van der Waals surface area contributed by atoms with Crippen molar-refractivity contribution in [1.29, 1.82) is 0 Å². The molecule has 1 atom stereocenters. The second-order valence-corrected chi connectivity index (χ2v) is 8.71. The van der Waals surface area contributed by atoms with Gasteiger partial charge in [-0.25, -0.2) is 4.79 Å². The van der Waals surface area contributed by atoms with Gasteiger partial charge in [0.2, 0.25) is 6.10 Å². The summed E-state index contributed by atoms with van der Waals surface area (Å²) in [5.74, 6) is -1.67.